The van der Waals surface area contributed by atoms with Crippen LogP contribution in [0.5, 0.6) is 11.5 Å². The first-order valence-corrected chi connectivity index (χ1v) is 8.52. The Morgan fingerprint density at radius 2 is 1.92 bits per heavy atom. The zero-order valence-electron chi connectivity index (χ0n) is 13.6. The molecule has 0 unspecified atom stereocenters. The highest BCUT2D eigenvalue weighted by Gasteiger charge is 2.57. The predicted octanol–water partition coefficient (Wildman–Crippen LogP) is 0.731. The molecule has 138 valence electrons. The molecule has 2 amide bonds. The highest BCUT2D eigenvalue weighted by atomic mass is 32.2. The highest BCUT2D eigenvalue weighted by Crippen LogP contribution is 2.50. The van der Waals surface area contributed by atoms with E-state index < -0.39 is 35.4 Å². The van der Waals surface area contributed by atoms with Gasteiger partial charge in [0.25, 0.3) is 0 Å². The van der Waals surface area contributed by atoms with Gasteiger partial charge in [-0.05, 0) is 31.2 Å². The molecule has 10 heteroatoms. The Hall–Kier alpha value is -2.72. The summed E-state index contributed by atoms with van der Waals surface area (Å²) in [4.78, 5) is 35.9. The molecule has 0 spiro atoms. The number of nitrogens with zero attached hydrogens (tertiary/aromatic N) is 1. The molecule has 2 aliphatic heterocycles. The molecule has 26 heavy (non-hydrogen) atoms. The fourth-order valence-corrected chi connectivity index (χ4v) is 4.34. The first kappa shape index (κ1) is 18.1. The number of nitrogens with two attached hydrogens (primary N) is 1. The molecular weight excluding hydrogens is 364 g/mol. The van der Waals surface area contributed by atoms with E-state index in [-0.39, 0.29) is 18.1 Å². The van der Waals surface area contributed by atoms with Crippen molar-refractivity contribution in [1.29, 1.82) is 0 Å². The van der Waals surface area contributed by atoms with Gasteiger partial charge in [-0.2, -0.15) is 0 Å². The van der Waals surface area contributed by atoms with Crippen LogP contribution in [0.2, 0.25) is 0 Å². The van der Waals surface area contributed by atoms with Crippen molar-refractivity contribution in [2.75, 3.05) is 6.61 Å². The summed E-state index contributed by atoms with van der Waals surface area (Å²) in [6, 6.07) is 6.04. The first-order valence-electron chi connectivity index (χ1n) is 7.64. The number of β-lactam (4-membered cyclic amide) rings is 1. The van der Waals surface area contributed by atoms with Crippen LogP contribution < -0.4 is 15.2 Å². The van der Waals surface area contributed by atoms with Gasteiger partial charge in [0.15, 0.2) is 0 Å². The van der Waals surface area contributed by atoms with E-state index in [1.54, 1.807) is 0 Å². The van der Waals surface area contributed by atoms with Crippen LogP contribution in [0.1, 0.15) is 6.92 Å². The Kier molecular flexibility index (Phi) is 4.79. The Labute approximate surface area is 152 Å². The summed E-state index contributed by atoms with van der Waals surface area (Å²) >= 11 is 1.20. The van der Waals surface area contributed by atoms with Gasteiger partial charge in [-0.25, -0.2) is 9.59 Å². The van der Waals surface area contributed by atoms with Crippen molar-refractivity contribution in [3.05, 3.63) is 34.9 Å². The molecule has 0 saturated carbocycles. The topological polar surface area (TPSA) is 139 Å². The van der Waals surface area contributed by atoms with Gasteiger partial charge in [-0.1, -0.05) is 11.8 Å². The maximum Gasteiger partial charge on any atom is 0.409 e. The van der Waals surface area contributed by atoms with Crippen LogP contribution in [0, 0.1) is 5.92 Å². The number of ether oxygens (including phenoxy) is 2. The molecule has 3 atom stereocenters. The van der Waals surface area contributed by atoms with Crippen LogP contribution in [0.4, 0.5) is 4.79 Å². The van der Waals surface area contributed by atoms with E-state index in [2.05, 4.69) is 0 Å². The van der Waals surface area contributed by atoms with Gasteiger partial charge in [0.05, 0.1) is 16.9 Å². The van der Waals surface area contributed by atoms with Gasteiger partial charge in [0, 0.05) is 0 Å². The number of thioether (sulfide) groups is 1. The van der Waals surface area contributed by atoms with E-state index in [1.165, 1.54) is 47.9 Å². The Balaban J connectivity index is 1.70. The van der Waals surface area contributed by atoms with Crippen LogP contribution in [0.25, 0.3) is 0 Å². The third-order valence-electron chi connectivity index (χ3n) is 3.99. The van der Waals surface area contributed by atoms with Gasteiger partial charge < -0.3 is 25.4 Å². The Morgan fingerprint density at radius 1 is 1.31 bits per heavy atom. The molecule has 1 aromatic rings. The molecule has 0 aliphatic carbocycles. The molecule has 1 saturated heterocycles. The van der Waals surface area contributed by atoms with Crippen molar-refractivity contribution >= 4 is 29.7 Å². The van der Waals surface area contributed by atoms with Crippen molar-refractivity contribution < 1.29 is 34.1 Å². The van der Waals surface area contributed by atoms with E-state index in [1.807, 2.05) is 0 Å². The number of hydrogen-bond donors (Lipinski definition) is 3. The number of carbonyl (C=O) groups excluding carboxylic acids is 2. The number of carboxylic acids is 1. The minimum absolute atomic E-state index is 0.0465. The molecule has 2 heterocycles. The normalized spacial score (nSPS) is 22.5. The fourth-order valence-electron chi connectivity index (χ4n) is 2.82. The SMILES string of the molecule is C[C@@H](O)[C@H]1C(=O)N2C(C(=O)O)=C(COc3ccc(OC(N)=O)cc3)S[C@H]12. The van der Waals surface area contributed by atoms with Crippen molar-refractivity contribution in [2.24, 2.45) is 11.7 Å². The Morgan fingerprint density at radius 3 is 2.46 bits per heavy atom. The second-order valence-electron chi connectivity index (χ2n) is 5.74. The quantitative estimate of drug-likeness (QED) is 0.614. The second-order valence-corrected chi connectivity index (χ2v) is 6.95. The molecule has 1 aromatic carbocycles. The molecule has 0 radical (unpaired) electrons. The third-order valence-corrected chi connectivity index (χ3v) is 5.33. The lowest BCUT2D eigenvalue weighted by molar-refractivity contribution is -0.156. The molecule has 2 aliphatic rings. The van der Waals surface area contributed by atoms with Crippen LogP contribution >= 0.6 is 11.8 Å². The molecule has 1 fully saturated rings. The zero-order chi connectivity index (χ0) is 19.0. The lowest BCUT2D eigenvalue weighted by Crippen LogP contribution is -2.60. The van der Waals surface area contributed by atoms with E-state index in [9.17, 15) is 24.6 Å². The van der Waals surface area contributed by atoms with Crippen LogP contribution in [0.15, 0.2) is 34.9 Å². The average molecular weight is 380 g/mol. The summed E-state index contributed by atoms with van der Waals surface area (Å²) in [6.45, 7) is 1.46. The summed E-state index contributed by atoms with van der Waals surface area (Å²) in [6.07, 6.45) is -1.79. The standard InChI is InChI=1S/C16H16N2O7S/c1-7(19)11-13(20)18-12(15(21)22)10(26-14(11)18)6-24-8-2-4-9(5-3-8)25-16(17)23/h2-5,7,11,14,19H,6H2,1H3,(H2,17,23)(H,21,22)/t7-,11+,14-/m1/s1. The zero-order valence-corrected chi connectivity index (χ0v) is 14.4. The maximum absolute atomic E-state index is 12.1. The number of carboxylic acid groups (broad SMARTS) is 1. The molecule has 3 rings (SSSR count). The number of hydrogen-bond acceptors (Lipinski definition) is 7. The van der Waals surface area contributed by atoms with E-state index >= 15 is 0 Å². The first-order chi connectivity index (χ1) is 12.3. The second kappa shape index (κ2) is 6.89. The number of aliphatic carboxylic acids is 1. The van der Waals surface area contributed by atoms with Crippen LogP contribution in [-0.4, -0.2) is 51.2 Å². The molecule has 9 nitrogen and oxygen atoms in total. The summed E-state index contributed by atoms with van der Waals surface area (Å²) in [5, 5.41) is 18.7. The monoisotopic (exact) mass is 380 g/mol. The fraction of sp³-hybridized carbons (Fsp3) is 0.312. The lowest BCUT2D eigenvalue weighted by atomic mass is 9.92. The van der Waals surface area contributed by atoms with E-state index in [0.717, 1.165) is 0 Å². The van der Waals surface area contributed by atoms with Gasteiger partial charge in [-0.3, -0.25) is 9.69 Å². The number of fused-ring (bicyclic) bond motifs is 1. The van der Waals surface area contributed by atoms with Gasteiger partial charge in [-0.15, -0.1) is 0 Å². The smallest absolute Gasteiger partial charge is 0.409 e. The minimum atomic E-state index is -1.22. The number of amides is 2. The van der Waals surface area contributed by atoms with Crippen molar-refractivity contribution in [3.8, 4) is 11.5 Å². The average Bonchev–Trinajstić information content (AvgIpc) is 2.88. The summed E-state index contributed by atoms with van der Waals surface area (Å²) < 4.78 is 10.3. The maximum atomic E-state index is 12.1. The summed E-state index contributed by atoms with van der Waals surface area (Å²) in [5.74, 6) is -1.58. The van der Waals surface area contributed by atoms with Gasteiger partial charge in [0.2, 0.25) is 5.91 Å². The third kappa shape index (κ3) is 3.20. The highest BCUT2D eigenvalue weighted by molar-refractivity contribution is 8.04. The number of benzene rings is 1. The molecular formula is C16H16N2O7S. The lowest BCUT2D eigenvalue weighted by Gasteiger charge is -2.43. The van der Waals surface area contributed by atoms with Crippen molar-refractivity contribution in [3.63, 3.8) is 0 Å². The van der Waals surface area contributed by atoms with Crippen molar-refractivity contribution in [1.82, 2.24) is 4.90 Å². The molecule has 4 N–H and O–H groups in total. The largest absolute Gasteiger partial charge is 0.488 e. The number of rotatable bonds is 6. The van der Waals surface area contributed by atoms with Crippen LogP contribution in [-0.2, 0) is 9.59 Å². The molecule has 0 aromatic heterocycles. The molecule has 0 bridgehead atoms. The van der Waals surface area contributed by atoms with Crippen LogP contribution in [0.3, 0.4) is 0 Å². The van der Waals surface area contributed by atoms with Gasteiger partial charge in [0.1, 0.15) is 29.2 Å². The summed E-state index contributed by atoms with van der Waals surface area (Å²) in [7, 11) is 0. The van der Waals surface area contributed by atoms with Crippen molar-refractivity contribution in [2.45, 2.75) is 18.4 Å². The van der Waals surface area contributed by atoms with Gasteiger partial charge >= 0.3 is 12.1 Å². The predicted molar refractivity (Wildman–Crippen MR) is 90.2 cm³/mol. The van der Waals surface area contributed by atoms with E-state index in [0.29, 0.717) is 10.7 Å². The number of aliphatic hydroxyl groups excluding tert-OH is 1. The number of aliphatic hydroxyl groups is 1. The van der Waals surface area contributed by atoms with E-state index in [4.69, 9.17) is 15.2 Å². The number of primary amides is 1. The summed E-state index contributed by atoms with van der Waals surface area (Å²) in [5.41, 5.74) is 4.80. The number of carbonyl (C=O) groups is 3. The Bertz CT molecular complexity index is 790. The minimum Gasteiger partial charge on any atom is -0.488 e.